The summed E-state index contributed by atoms with van der Waals surface area (Å²) in [7, 11) is -3.52. The summed E-state index contributed by atoms with van der Waals surface area (Å²) < 4.78 is 28.5. The smallest absolute Gasteiger partial charge is 0.243 e. The van der Waals surface area contributed by atoms with E-state index in [1.165, 1.54) is 4.31 Å². The summed E-state index contributed by atoms with van der Waals surface area (Å²) in [6.45, 7) is 4.64. The highest BCUT2D eigenvalue weighted by Gasteiger charge is 2.46. The number of amides is 1. The number of nitrogens with one attached hydrogen (secondary N) is 1. The molecule has 0 atom stereocenters. The van der Waals surface area contributed by atoms with Crippen LogP contribution in [-0.4, -0.2) is 31.7 Å². The molecule has 0 unspecified atom stereocenters. The van der Waals surface area contributed by atoms with Crippen LogP contribution in [0.2, 0.25) is 0 Å². The van der Waals surface area contributed by atoms with Crippen molar-refractivity contribution in [1.82, 2.24) is 9.62 Å². The number of benzene rings is 2. The molecule has 160 valence electrons. The number of hydrogen-bond acceptors (Lipinski definition) is 3. The average Bonchev–Trinajstić information content (AvgIpc) is 3.51. The number of hydrogen-bond donors (Lipinski definition) is 1. The molecule has 5 nitrogen and oxygen atoms in total. The van der Waals surface area contributed by atoms with Crippen LogP contribution < -0.4 is 5.32 Å². The fourth-order valence-electron chi connectivity index (χ4n) is 4.10. The molecule has 1 amide bonds. The van der Waals surface area contributed by atoms with Crippen molar-refractivity contribution >= 4 is 31.9 Å². The Bertz CT molecular complexity index is 1050. The normalized spacial score (nSPS) is 19.4. The summed E-state index contributed by atoms with van der Waals surface area (Å²) >= 11 is 3.45. The largest absolute Gasteiger partial charge is 0.346 e. The zero-order valence-corrected chi connectivity index (χ0v) is 19.7. The highest BCUT2D eigenvalue weighted by molar-refractivity contribution is 9.10. The highest BCUT2D eigenvalue weighted by Crippen LogP contribution is 2.46. The van der Waals surface area contributed by atoms with Crippen LogP contribution in [0, 0.1) is 19.8 Å². The molecule has 2 aromatic rings. The second kappa shape index (κ2) is 8.09. The summed E-state index contributed by atoms with van der Waals surface area (Å²) in [6.07, 6.45) is 2.99. The minimum atomic E-state index is -3.52. The number of nitrogens with zero attached hydrogens (tertiary/aromatic N) is 1. The molecule has 4 rings (SSSR count). The van der Waals surface area contributed by atoms with E-state index in [2.05, 4.69) is 33.4 Å². The Hall–Kier alpha value is -1.70. The topological polar surface area (TPSA) is 66.5 Å². The van der Waals surface area contributed by atoms with E-state index in [0.717, 1.165) is 34.0 Å². The van der Waals surface area contributed by atoms with Gasteiger partial charge in [0.1, 0.15) is 0 Å². The first-order chi connectivity index (χ1) is 14.2. The molecule has 2 aromatic carbocycles. The molecule has 1 N–H and O–H groups in total. The van der Waals surface area contributed by atoms with Crippen LogP contribution in [-0.2, 0) is 20.4 Å². The van der Waals surface area contributed by atoms with E-state index in [0.29, 0.717) is 30.8 Å². The maximum atomic E-state index is 13.0. The van der Waals surface area contributed by atoms with Gasteiger partial charge in [0.05, 0.1) is 10.4 Å². The fourth-order valence-corrected chi connectivity index (χ4v) is 5.92. The van der Waals surface area contributed by atoms with E-state index in [1.807, 2.05) is 32.0 Å². The van der Waals surface area contributed by atoms with Gasteiger partial charge in [-0.3, -0.25) is 4.79 Å². The van der Waals surface area contributed by atoms with Gasteiger partial charge in [-0.2, -0.15) is 4.31 Å². The number of rotatable bonds is 5. The number of piperidine rings is 1. The van der Waals surface area contributed by atoms with Crippen molar-refractivity contribution < 1.29 is 13.2 Å². The maximum Gasteiger partial charge on any atom is 0.243 e. The first-order valence-corrected chi connectivity index (χ1v) is 12.6. The van der Waals surface area contributed by atoms with Crippen LogP contribution in [0.4, 0.5) is 0 Å². The minimum Gasteiger partial charge on any atom is -0.346 e. The molecule has 1 heterocycles. The molecular weight excluding hydrogens is 464 g/mol. The fraction of sp³-hybridized carbons (Fsp3) is 0.435. The zero-order chi connectivity index (χ0) is 21.5. The van der Waals surface area contributed by atoms with Gasteiger partial charge in [-0.15, -0.1) is 0 Å². The lowest BCUT2D eigenvalue weighted by Gasteiger charge is -2.31. The van der Waals surface area contributed by atoms with Crippen LogP contribution in [0.15, 0.2) is 51.8 Å². The predicted molar refractivity (Wildman–Crippen MR) is 121 cm³/mol. The third-order valence-electron chi connectivity index (χ3n) is 6.45. The van der Waals surface area contributed by atoms with Gasteiger partial charge in [-0.05, 0) is 80.5 Å². The van der Waals surface area contributed by atoms with Crippen LogP contribution in [0.1, 0.15) is 42.4 Å². The first-order valence-electron chi connectivity index (χ1n) is 10.4. The van der Waals surface area contributed by atoms with Crippen molar-refractivity contribution in [3.8, 4) is 0 Å². The van der Waals surface area contributed by atoms with Crippen molar-refractivity contribution in [3.63, 3.8) is 0 Å². The molecule has 1 aliphatic heterocycles. The van der Waals surface area contributed by atoms with Gasteiger partial charge >= 0.3 is 0 Å². The number of sulfonamides is 1. The molecule has 2 aliphatic rings. The molecule has 1 saturated heterocycles. The van der Waals surface area contributed by atoms with Crippen molar-refractivity contribution in [3.05, 3.63) is 63.6 Å². The van der Waals surface area contributed by atoms with Crippen LogP contribution in [0.3, 0.4) is 0 Å². The van der Waals surface area contributed by atoms with Gasteiger partial charge in [0, 0.05) is 23.5 Å². The van der Waals surface area contributed by atoms with E-state index < -0.39 is 10.0 Å². The van der Waals surface area contributed by atoms with E-state index in [-0.39, 0.29) is 17.4 Å². The molecule has 7 heteroatoms. The molecular formula is C23H27BrN2O3S. The second-order valence-corrected chi connectivity index (χ2v) is 11.4. The van der Waals surface area contributed by atoms with Crippen molar-refractivity contribution in [1.29, 1.82) is 0 Å². The Morgan fingerprint density at radius 1 is 1.03 bits per heavy atom. The molecule has 0 aromatic heterocycles. The predicted octanol–water partition coefficient (Wildman–Crippen LogP) is 4.27. The van der Waals surface area contributed by atoms with E-state index in [1.54, 1.807) is 12.1 Å². The molecule has 0 spiro atoms. The zero-order valence-electron chi connectivity index (χ0n) is 17.3. The van der Waals surface area contributed by atoms with E-state index in [9.17, 15) is 13.2 Å². The highest BCUT2D eigenvalue weighted by atomic mass is 79.9. The van der Waals surface area contributed by atoms with E-state index in [4.69, 9.17) is 0 Å². The van der Waals surface area contributed by atoms with Gasteiger partial charge in [0.25, 0.3) is 0 Å². The Kier molecular flexibility index (Phi) is 5.81. The Labute approximate surface area is 187 Å². The lowest BCUT2D eigenvalue weighted by Crippen LogP contribution is -2.45. The lowest BCUT2D eigenvalue weighted by molar-refractivity contribution is -0.127. The number of halogens is 1. The van der Waals surface area contributed by atoms with Gasteiger partial charge in [-0.1, -0.05) is 34.1 Å². The average molecular weight is 491 g/mol. The second-order valence-electron chi connectivity index (χ2n) is 8.50. The van der Waals surface area contributed by atoms with Crippen molar-refractivity contribution in [2.45, 2.75) is 50.0 Å². The van der Waals surface area contributed by atoms with Gasteiger partial charge in [0.15, 0.2) is 0 Å². The number of carbonyl (C=O) groups excluding carboxylic acids is 1. The monoisotopic (exact) mass is 490 g/mol. The quantitative estimate of drug-likeness (QED) is 0.680. The summed E-state index contributed by atoms with van der Waals surface area (Å²) in [4.78, 5) is 13.2. The van der Waals surface area contributed by atoms with Gasteiger partial charge < -0.3 is 5.32 Å². The number of carbonyl (C=O) groups is 1. The standard InChI is InChI=1S/C23H27BrN2O3S/c1-16-3-8-21(15-17(16)2)30(28,29)26-13-9-18(10-14-26)22(27)25-23(11-12-23)19-4-6-20(24)7-5-19/h3-8,15,18H,9-14H2,1-2H3,(H,25,27). The molecule has 1 aliphatic carbocycles. The number of aryl methyl sites for hydroxylation is 2. The van der Waals surface area contributed by atoms with Gasteiger partial charge in [0.2, 0.25) is 15.9 Å². The van der Waals surface area contributed by atoms with Crippen LogP contribution in [0.5, 0.6) is 0 Å². The Morgan fingerprint density at radius 3 is 2.23 bits per heavy atom. The maximum absolute atomic E-state index is 13.0. The SMILES string of the molecule is Cc1ccc(S(=O)(=O)N2CCC(C(=O)NC3(c4ccc(Br)cc4)CC3)CC2)cc1C. The summed E-state index contributed by atoms with van der Waals surface area (Å²) in [5, 5.41) is 3.25. The molecule has 0 radical (unpaired) electrons. The summed E-state index contributed by atoms with van der Waals surface area (Å²) in [5.41, 5.74) is 2.92. The Morgan fingerprint density at radius 2 is 1.67 bits per heavy atom. The summed E-state index contributed by atoms with van der Waals surface area (Å²) in [6, 6.07) is 13.4. The lowest BCUT2D eigenvalue weighted by atomic mass is 9.95. The van der Waals surface area contributed by atoms with Crippen LogP contribution in [0.25, 0.3) is 0 Å². The van der Waals surface area contributed by atoms with Crippen molar-refractivity contribution in [2.75, 3.05) is 13.1 Å². The van der Waals surface area contributed by atoms with Gasteiger partial charge in [-0.25, -0.2) is 8.42 Å². The van der Waals surface area contributed by atoms with Crippen molar-refractivity contribution in [2.24, 2.45) is 5.92 Å². The molecule has 30 heavy (non-hydrogen) atoms. The molecule has 1 saturated carbocycles. The van der Waals surface area contributed by atoms with Crippen LogP contribution >= 0.6 is 15.9 Å². The molecule has 0 bridgehead atoms. The third-order valence-corrected chi connectivity index (χ3v) is 8.87. The first kappa shape index (κ1) is 21.5. The minimum absolute atomic E-state index is 0.0404. The van der Waals surface area contributed by atoms with E-state index >= 15 is 0 Å². The summed E-state index contributed by atoms with van der Waals surface area (Å²) in [5.74, 6) is -0.109. The Balaban J connectivity index is 1.39. The molecule has 2 fully saturated rings. The third kappa shape index (κ3) is 4.20.